The zero-order valence-electron chi connectivity index (χ0n) is 12.1. The Morgan fingerprint density at radius 3 is 2.50 bits per heavy atom. The average Bonchev–Trinajstić information content (AvgIpc) is 2.46. The molecule has 0 spiro atoms. The van der Waals surface area contributed by atoms with Gasteiger partial charge in [0.1, 0.15) is 18.1 Å². The van der Waals surface area contributed by atoms with E-state index in [2.05, 4.69) is 0 Å². The molecule has 0 bridgehead atoms. The van der Waals surface area contributed by atoms with Crippen LogP contribution in [0.15, 0.2) is 42.5 Å². The van der Waals surface area contributed by atoms with Crippen LogP contribution >= 0.6 is 0 Å². The molecule has 1 N–H and O–H groups in total. The van der Waals surface area contributed by atoms with Crippen LogP contribution in [-0.2, 0) is 6.61 Å². The number of para-hydroxylation sites is 1. The molecule has 0 aliphatic carbocycles. The second kappa shape index (κ2) is 6.44. The van der Waals surface area contributed by atoms with E-state index < -0.39 is 6.10 Å². The summed E-state index contributed by atoms with van der Waals surface area (Å²) in [5, 5.41) is 9.56. The Labute approximate surface area is 119 Å². The summed E-state index contributed by atoms with van der Waals surface area (Å²) in [7, 11) is 1.65. The summed E-state index contributed by atoms with van der Waals surface area (Å²) in [6.45, 7) is 4.19. The molecule has 3 nitrogen and oxygen atoms in total. The fourth-order valence-electron chi connectivity index (χ4n) is 2.07. The molecule has 1 atom stereocenters. The van der Waals surface area contributed by atoms with Gasteiger partial charge in [-0.25, -0.2) is 0 Å². The van der Waals surface area contributed by atoms with Gasteiger partial charge in [-0.3, -0.25) is 0 Å². The fraction of sp³-hybridized carbons (Fsp3) is 0.294. The van der Waals surface area contributed by atoms with Crippen molar-refractivity contribution in [1.82, 2.24) is 0 Å². The molecule has 0 aliphatic rings. The van der Waals surface area contributed by atoms with Crippen LogP contribution in [-0.4, -0.2) is 12.2 Å². The van der Waals surface area contributed by atoms with Gasteiger partial charge < -0.3 is 14.6 Å². The van der Waals surface area contributed by atoms with Crippen molar-refractivity contribution in [2.45, 2.75) is 26.6 Å². The Hall–Kier alpha value is -2.00. The molecule has 0 saturated heterocycles. The summed E-state index contributed by atoms with van der Waals surface area (Å²) in [4.78, 5) is 0. The molecule has 20 heavy (non-hydrogen) atoms. The van der Waals surface area contributed by atoms with Gasteiger partial charge in [0.25, 0.3) is 0 Å². The van der Waals surface area contributed by atoms with E-state index in [1.165, 1.54) is 0 Å². The van der Waals surface area contributed by atoms with Gasteiger partial charge in [-0.15, -0.1) is 0 Å². The summed E-state index contributed by atoms with van der Waals surface area (Å²) in [5.74, 6) is 1.64. The normalized spacial score (nSPS) is 12.0. The van der Waals surface area contributed by atoms with E-state index in [-0.39, 0.29) is 0 Å². The topological polar surface area (TPSA) is 38.7 Å². The number of hydrogen-bond donors (Lipinski definition) is 1. The van der Waals surface area contributed by atoms with Gasteiger partial charge in [0.2, 0.25) is 0 Å². The molecule has 0 radical (unpaired) electrons. The van der Waals surface area contributed by atoms with E-state index in [4.69, 9.17) is 9.47 Å². The smallest absolute Gasteiger partial charge is 0.125 e. The van der Waals surface area contributed by atoms with Crippen LogP contribution in [0.1, 0.15) is 29.7 Å². The number of aryl methyl sites for hydroxylation is 1. The van der Waals surface area contributed by atoms with Crippen LogP contribution in [0.2, 0.25) is 0 Å². The predicted octanol–water partition coefficient (Wildman–Crippen LogP) is 3.64. The zero-order chi connectivity index (χ0) is 14.5. The second-order valence-electron chi connectivity index (χ2n) is 4.80. The van der Waals surface area contributed by atoms with Crippen LogP contribution in [0.5, 0.6) is 11.5 Å². The SMILES string of the molecule is COc1ccccc1COc1ccc([C@H](C)O)cc1C. The minimum absolute atomic E-state index is 0.457. The molecule has 2 aromatic rings. The lowest BCUT2D eigenvalue weighted by molar-refractivity contribution is 0.199. The first-order valence-corrected chi connectivity index (χ1v) is 6.65. The molecular weight excluding hydrogens is 252 g/mol. The molecule has 0 fully saturated rings. The predicted molar refractivity (Wildman–Crippen MR) is 79.1 cm³/mol. The van der Waals surface area contributed by atoms with E-state index in [0.717, 1.165) is 28.2 Å². The Bertz CT molecular complexity index is 576. The third-order valence-electron chi connectivity index (χ3n) is 3.26. The highest BCUT2D eigenvalue weighted by molar-refractivity contribution is 5.38. The van der Waals surface area contributed by atoms with Crippen molar-refractivity contribution in [2.75, 3.05) is 7.11 Å². The Morgan fingerprint density at radius 1 is 1.10 bits per heavy atom. The average molecular weight is 272 g/mol. The van der Waals surface area contributed by atoms with Crippen LogP contribution in [0.3, 0.4) is 0 Å². The minimum Gasteiger partial charge on any atom is -0.496 e. The van der Waals surface area contributed by atoms with Crippen molar-refractivity contribution in [3.63, 3.8) is 0 Å². The van der Waals surface area contributed by atoms with Crippen LogP contribution < -0.4 is 9.47 Å². The van der Waals surface area contributed by atoms with Crippen molar-refractivity contribution >= 4 is 0 Å². The standard InChI is InChI=1S/C17H20O3/c1-12-10-14(13(2)18)8-9-16(12)20-11-15-6-4-5-7-17(15)19-3/h4-10,13,18H,11H2,1-3H3/t13-/m0/s1. The third kappa shape index (κ3) is 3.31. The largest absolute Gasteiger partial charge is 0.496 e. The van der Waals surface area contributed by atoms with Crippen LogP contribution in [0.4, 0.5) is 0 Å². The fourth-order valence-corrected chi connectivity index (χ4v) is 2.07. The van der Waals surface area contributed by atoms with Gasteiger partial charge >= 0.3 is 0 Å². The first-order chi connectivity index (χ1) is 9.61. The molecule has 2 rings (SSSR count). The highest BCUT2D eigenvalue weighted by atomic mass is 16.5. The Morgan fingerprint density at radius 2 is 1.85 bits per heavy atom. The van der Waals surface area contributed by atoms with Crippen molar-refractivity contribution in [3.8, 4) is 11.5 Å². The Balaban J connectivity index is 2.11. The number of hydrogen-bond acceptors (Lipinski definition) is 3. The summed E-state index contributed by atoms with van der Waals surface area (Å²) in [5.41, 5.74) is 2.92. The Kier molecular flexibility index (Phi) is 4.64. The quantitative estimate of drug-likeness (QED) is 0.903. The van der Waals surface area contributed by atoms with Gasteiger partial charge in [-0.2, -0.15) is 0 Å². The summed E-state index contributed by atoms with van der Waals surface area (Å²) < 4.78 is 11.1. The van der Waals surface area contributed by atoms with E-state index in [1.807, 2.05) is 49.4 Å². The summed E-state index contributed by atoms with van der Waals surface area (Å²) in [6, 6.07) is 13.5. The number of rotatable bonds is 5. The molecule has 0 heterocycles. The maximum atomic E-state index is 9.56. The summed E-state index contributed by atoms with van der Waals surface area (Å²) in [6.07, 6.45) is -0.461. The lowest BCUT2D eigenvalue weighted by atomic mass is 10.1. The maximum absolute atomic E-state index is 9.56. The second-order valence-corrected chi connectivity index (χ2v) is 4.80. The van der Waals surface area contributed by atoms with Gasteiger partial charge in [0.05, 0.1) is 13.2 Å². The molecule has 0 aromatic heterocycles. The van der Waals surface area contributed by atoms with E-state index in [0.29, 0.717) is 6.61 Å². The van der Waals surface area contributed by atoms with E-state index in [9.17, 15) is 5.11 Å². The number of ether oxygens (including phenoxy) is 2. The van der Waals surface area contributed by atoms with Gasteiger partial charge in [0, 0.05) is 5.56 Å². The third-order valence-corrected chi connectivity index (χ3v) is 3.26. The van der Waals surface area contributed by atoms with Crippen molar-refractivity contribution in [2.24, 2.45) is 0 Å². The van der Waals surface area contributed by atoms with Crippen molar-refractivity contribution in [1.29, 1.82) is 0 Å². The molecule has 2 aromatic carbocycles. The monoisotopic (exact) mass is 272 g/mol. The minimum atomic E-state index is -0.461. The van der Waals surface area contributed by atoms with Crippen molar-refractivity contribution < 1.29 is 14.6 Å². The lowest BCUT2D eigenvalue weighted by Gasteiger charge is -2.13. The maximum Gasteiger partial charge on any atom is 0.125 e. The zero-order valence-corrected chi connectivity index (χ0v) is 12.1. The van der Waals surface area contributed by atoms with Crippen LogP contribution in [0, 0.1) is 6.92 Å². The van der Waals surface area contributed by atoms with Gasteiger partial charge in [0.15, 0.2) is 0 Å². The first-order valence-electron chi connectivity index (χ1n) is 6.65. The molecular formula is C17H20O3. The lowest BCUT2D eigenvalue weighted by Crippen LogP contribution is -2.00. The van der Waals surface area contributed by atoms with Crippen molar-refractivity contribution in [3.05, 3.63) is 59.2 Å². The highest BCUT2D eigenvalue weighted by Crippen LogP contribution is 2.25. The van der Waals surface area contributed by atoms with E-state index in [1.54, 1.807) is 14.0 Å². The van der Waals surface area contributed by atoms with Gasteiger partial charge in [-0.1, -0.05) is 24.3 Å². The van der Waals surface area contributed by atoms with E-state index >= 15 is 0 Å². The number of benzene rings is 2. The molecule has 106 valence electrons. The summed E-state index contributed by atoms with van der Waals surface area (Å²) >= 11 is 0. The number of aliphatic hydroxyl groups is 1. The highest BCUT2D eigenvalue weighted by Gasteiger charge is 2.07. The molecule has 0 unspecified atom stereocenters. The molecule has 0 saturated carbocycles. The molecule has 0 amide bonds. The van der Waals surface area contributed by atoms with Gasteiger partial charge in [-0.05, 0) is 43.2 Å². The first kappa shape index (κ1) is 14.4. The molecule has 0 aliphatic heterocycles. The van der Waals surface area contributed by atoms with Crippen LogP contribution in [0.25, 0.3) is 0 Å². The number of methoxy groups -OCH3 is 1. The number of aliphatic hydroxyl groups excluding tert-OH is 1. The molecule has 3 heteroatoms.